The molecule has 1 aromatic heterocycles. The van der Waals surface area contributed by atoms with Crippen molar-refractivity contribution >= 4 is 11.9 Å². The van der Waals surface area contributed by atoms with Crippen LogP contribution in [0.1, 0.15) is 25.7 Å². The summed E-state index contributed by atoms with van der Waals surface area (Å²) in [6.07, 6.45) is 6.10. The maximum Gasteiger partial charge on any atom is 0.305 e. The van der Waals surface area contributed by atoms with Gasteiger partial charge in [0, 0.05) is 25.0 Å². The predicted octanol–water partition coefficient (Wildman–Crippen LogP) is 0.739. The van der Waals surface area contributed by atoms with Gasteiger partial charge in [0.25, 0.3) is 0 Å². The summed E-state index contributed by atoms with van der Waals surface area (Å²) in [5, 5.41) is 12.9. The zero-order valence-corrected chi connectivity index (χ0v) is 10.2. The van der Waals surface area contributed by atoms with Gasteiger partial charge in [-0.1, -0.05) is 0 Å². The fourth-order valence-electron chi connectivity index (χ4n) is 2.37. The number of likely N-dealkylation sites (tertiary alicyclic amines) is 1. The van der Waals surface area contributed by atoms with E-state index in [0.29, 0.717) is 6.54 Å². The number of aromatic nitrogens is 2. The molecule has 1 aliphatic rings. The minimum atomic E-state index is -0.848. The first-order chi connectivity index (χ1) is 8.66. The van der Waals surface area contributed by atoms with E-state index in [0.717, 1.165) is 19.3 Å². The number of hydrogen-bond acceptors (Lipinski definition) is 3. The molecule has 18 heavy (non-hydrogen) atoms. The van der Waals surface area contributed by atoms with Crippen LogP contribution >= 0.6 is 0 Å². The normalized spacial score (nSPS) is 19.8. The number of carbonyl (C=O) groups excluding carboxylic acids is 1. The molecule has 0 spiro atoms. The molecule has 98 valence electrons. The number of piperidine rings is 1. The van der Waals surface area contributed by atoms with E-state index in [1.807, 2.05) is 0 Å². The molecule has 1 N–H and O–H groups in total. The first-order valence-corrected chi connectivity index (χ1v) is 6.15. The van der Waals surface area contributed by atoms with Gasteiger partial charge in [-0.2, -0.15) is 5.10 Å². The van der Waals surface area contributed by atoms with Gasteiger partial charge in [0.15, 0.2) is 0 Å². The van der Waals surface area contributed by atoms with Crippen LogP contribution in [0.15, 0.2) is 18.5 Å². The molecule has 0 aromatic carbocycles. The Morgan fingerprint density at radius 2 is 2.22 bits per heavy atom. The van der Waals surface area contributed by atoms with Crippen molar-refractivity contribution in [3.05, 3.63) is 18.5 Å². The Labute approximate surface area is 105 Å². The lowest BCUT2D eigenvalue weighted by Crippen LogP contribution is -2.46. The van der Waals surface area contributed by atoms with Crippen molar-refractivity contribution in [2.75, 3.05) is 6.54 Å². The number of carboxylic acids is 1. The van der Waals surface area contributed by atoms with Gasteiger partial charge in [0.05, 0.1) is 6.42 Å². The molecule has 0 saturated carbocycles. The number of carbonyl (C=O) groups is 2. The van der Waals surface area contributed by atoms with E-state index in [1.54, 1.807) is 28.0 Å². The molecular formula is C12H17N3O3. The van der Waals surface area contributed by atoms with E-state index in [2.05, 4.69) is 5.10 Å². The van der Waals surface area contributed by atoms with Crippen LogP contribution in [0.25, 0.3) is 0 Å². The zero-order chi connectivity index (χ0) is 13.0. The van der Waals surface area contributed by atoms with E-state index < -0.39 is 5.97 Å². The smallest absolute Gasteiger partial charge is 0.305 e. The highest BCUT2D eigenvalue weighted by molar-refractivity contribution is 5.77. The summed E-state index contributed by atoms with van der Waals surface area (Å²) >= 11 is 0. The Bertz CT molecular complexity index is 416. The number of amides is 1. The summed E-state index contributed by atoms with van der Waals surface area (Å²) in [7, 11) is 0. The summed E-state index contributed by atoms with van der Waals surface area (Å²) in [4.78, 5) is 24.6. The number of nitrogens with zero attached hydrogens (tertiary/aromatic N) is 3. The Balaban J connectivity index is 1.99. The lowest BCUT2D eigenvalue weighted by molar-refractivity contribution is -0.142. The van der Waals surface area contributed by atoms with Gasteiger partial charge in [-0.15, -0.1) is 0 Å². The van der Waals surface area contributed by atoms with Crippen molar-refractivity contribution in [3.8, 4) is 0 Å². The molecule has 1 unspecified atom stereocenters. The standard InChI is InChI=1S/C12H17N3O3/c16-11(9-14-6-3-5-13-14)15-7-2-1-4-10(15)8-12(17)18/h3,5-6,10H,1-2,4,7-9H2,(H,17,18). The largest absolute Gasteiger partial charge is 0.481 e. The second kappa shape index (κ2) is 5.66. The van der Waals surface area contributed by atoms with Crippen LogP contribution in [-0.2, 0) is 16.1 Å². The summed E-state index contributed by atoms with van der Waals surface area (Å²) in [6, 6.07) is 1.59. The van der Waals surface area contributed by atoms with Crippen molar-refractivity contribution < 1.29 is 14.7 Å². The number of aliphatic carboxylic acids is 1. The van der Waals surface area contributed by atoms with Crippen molar-refractivity contribution in [3.63, 3.8) is 0 Å². The molecule has 0 radical (unpaired) electrons. The van der Waals surface area contributed by atoms with Crippen molar-refractivity contribution in [1.82, 2.24) is 14.7 Å². The second-order valence-electron chi connectivity index (χ2n) is 4.54. The molecule has 1 saturated heterocycles. The Kier molecular flexibility index (Phi) is 3.96. The fourth-order valence-corrected chi connectivity index (χ4v) is 2.37. The monoisotopic (exact) mass is 251 g/mol. The lowest BCUT2D eigenvalue weighted by atomic mass is 9.99. The Morgan fingerprint density at radius 3 is 2.89 bits per heavy atom. The molecule has 1 aromatic rings. The summed E-state index contributed by atoms with van der Waals surface area (Å²) in [5.41, 5.74) is 0. The molecule has 6 nitrogen and oxygen atoms in total. The molecule has 1 atom stereocenters. The highest BCUT2D eigenvalue weighted by atomic mass is 16.4. The molecule has 1 aliphatic heterocycles. The highest BCUT2D eigenvalue weighted by Crippen LogP contribution is 2.20. The Morgan fingerprint density at radius 1 is 1.39 bits per heavy atom. The average Bonchev–Trinajstić information content (AvgIpc) is 2.81. The first kappa shape index (κ1) is 12.6. The van der Waals surface area contributed by atoms with Crippen LogP contribution in [0.2, 0.25) is 0 Å². The molecule has 2 rings (SSSR count). The maximum absolute atomic E-state index is 12.1. The van der Waals surface area contributed by atoms with Crippen LogP contribution in [0.3, 0.4) is 0 Å². The quantitative estimate of drug-likeness (QED) is 0.856. The molecule has 2 heterocycles. The van der Waals surface area contributed by atoms with Gasteiger partial charge in [-0.05, 0) is 25.3 Å². The third-order valence-electron chi connectivity index (χ3n) is 3.21. The molecule has 0 bridgehead atoms. The van der Waals surface area contributed by atoms with Crippen LogP contribution in [0, 0.1) is 0 Å². The summed E-state index contributed by atoms with van der Waals surface area (Å²) < 4.78 is 1.56. The fraction of sp³-hybridized carbons (Fsp3) is 0.583. The minimum Gasteiger partial charge on any atom is -0.481 e. The minimum absolute atomic E-state index is 0.0326. The van der Waals surface area contributed by atoms with E-state index in [-0.39, 0.29) is 24.9 Å². The van der Waals surface area contributed by atoms with Gasteiger partial charge in [0.2, 0.25) is 5.91 Å². The van der Waals surface area contributed by atoms with Crippen LogP contribution in [0.4, 0.5) is 0 Å². The van der Waals surface area contributed by atoms with Crippen LogP contribution in [0.5, 0.6) is 0 Å². The van der Waals surface area contributed by atoms with Gasteiger partial charge >= 0.3 is 5.97 Å². The highest BCUT2D eigenvalue weighted by Gasteiger charge is 2.28. The first-order valence-electron chi connectivity index (χ1n) is 6.15. The van der Waals surface area contributed by atoms with Crippen LogP contribution in [-0.4, -0.2) is 44.3 Å². The van der Waals surface area contributed by atoms with Crippen LogP contribution < -0.4 is 0 Å². The summed E-state index contributed by atoms with van der Waals surface area (Å²) in [6.45, 7) is 0.834. The van der Waals surface area contributed by atoms with Crippen molar-refractivity contribution in [2.24, 2.45) is 0 Å². The third kappa shape index (κ3) is 3.09. The van der Waals surface area contributed by atoms with E-state index in [4.69, 9.17) is 5.11 Å². The third-order valence-corrected chi connectivity index (χ3v) is 3.21. The topological polar surface area (TPSA) is 75.4 Å². The molecular weight excluding hydrogens is 234 g/mol. The van der Waals surface area contributed by atoms with Gasteiger partial charge < -0.3 is 10.0 Å². The molecule has 0 aliphatic carbocycles. The second-order valence-corrected chi connectivity index (χ2v) is 4.54. The number of rotatable bonds is 4. The predicted molar refractivity (Wildman–Crippen MR) is 63.8 cm³/mol. The van der Waals surface area contributed by atoms with E-state index in [9.17, 15) is 9.59 Å². The average molecular weight is 251 g/mol. The van der Waals surface area contributed by atoms with E-state index >= 15 is 0 Å². The van der Waals surface area contributed by atoms with Gasteiger partial charge in [-0.3, -0.25) is 14.3 Å². The summed E-state index contributed by atoms with van der Waals surface area (Å²) in [5.74, 6) is -0.900. The number of hydrogen-bond donors (Lipinski definition) is 1. The molecule has 6 heteroatoms. The zero-order valence-electron chi connectivity index (χ0n) is 10.2. The van der Waals surface area contributed by atoms with Gasteiger partial charge in [0.1, 0.15) is 6.54 Å². The molecule has 1 amide bonds. The lowest BCUT2D eigenvalue weighted by Gasteiger charge is -2.35. The maximum atomic E-state index is 12.1. The SMILES string of the molecule is O=C(O)CC1CCCCN1C(=O)Cn1cccn1. The number of carboxylic acid groups (broad SMARTS) is 1. The van der Waals surface area contributed by atoms with E-state index in [1.165, 1.54) is 0 Å². The van der Waals surface area contributed by atoms with Gasteiger partial charge in [-0.25, -0.2) is 0 Å². The Hall–Kier alpha value is -1.85. The van der Waals surface area contributed by atoms with Crippen molar-refractivity contribution in [2.45, 2.75) is 38.3 Å². The van der Waals surface area contributed by atoms with Crippen molar-refractivity contribution in [1.29, 1.82) is 0 Å². The molecule has 1 fully saturated rings.